The summed E-state index contributed by atoms with van der Waals surface area (Å²) in [6, 6.07) is 0.421. The van der Waals surface area contributed by atoms with Crippen molar-refractivity contribution in [2.45, 2.75) is 58.2 Å². The number of nitrogens with one attached hydrogen (secondary N) is 1. The molecule has 1 fully saturated rings. The van der Waals surface area contributed by atoms with E-state index in [1.165, 1.54) is 12.8 Å². The highest BCUT2D eigenvalue weighted by atomic mass is 19.4. The molecule has 1 rings (SSSR count). The summed E-state index contributed by atoms with van der Waals surface area (Å²) in [4.78, 5) is 2.45. The molecule has 5 heteroatoms. The summed E-state index contributed by atoms with van der Waals surface area (Å²) in [6.45, 7) is 8.47. The van der Waals surface area contributed by atoms with Crippen LogP contribution in [0, 0.1) is 5.92 Å². The van der Waals surface area contributed by atoms with Gasteiger partial charge in [0.05, 0.1) is 0 Å². The Morgan fingerprint density at radius 2 is 1.84 bits per heavy atom. The van der Waals surface area contributed by atoms with Gasteiger partial charge < -0.3 is 10.2 Å². The average molecular weight is 280 g/mol. The van der Waals surface area contributed by atoms with Gasteiger partial charge in [0.1, 0.15) is 0 Å². The van der Waals surface area contributed by atoms with E-state index in [1.54, 1.807) is 0 Å². The molecular formula is C14H27F3N2. The normalized spacial score (nSPS) is 20.7. The van der Waals surface area contributed by atoms with Crippen LogP contribution >= 0.6 is 0 Å². The van der Waals surface area contributed by atoms with E-state index >= 15 is 0 Å². The molecule has 0 spiro atoms. The number of unbranched alkanes of at least 4 members (excludes halogenated alkanes) is 1. The Kier molecular flexibility index (Phi) is 7.15. The molecule has 1 atom stereocenters. The zero-order valence-electron chi connectivity index (χ0n) is 12.1. The van der Waals surface area contributed by atoms with Crippen LogP contribution in [-0.4, -0.2) is 43.3 Å². The number of rotatable bonds is 7. The van der Waals surface area contributed by atoms with Crippen LogP contribution in [0.4, 0.5) is 13.2 Å². The minimum absolute atomic E-state index is 0.234. The molecule has 1 aliphatic heterocycles. The Bertz CT molecular complexity index is 235. The first kappa shape index (κ1) is 16.8. The van der Waals surface area contributed by atoms with Gasteiger partial charge >= 0.3 is 6.18 Å². The Hall–Kier alpha value is -0.290. The number of halogens is 3. The van der Waals surface area contributed by atoms with Gasteiger partial charge in [-0.1, -0.05) is 6.92 Å². The highest BCUT2D eigenvalue weighted by molar-refractivity contribution is 4.79. The summed E-state index contributed by atoms with van der Waals surface area (Å²) in [6.07, 6.45) is -1.42. The smallest absolute Gasteiger partial charge is 0.314 e. The molecule has 0 aromatic rings. The third kappa shape index (κ3) is 7.16. The van der Waals surface area contributed by atoms with Crippen LogP contribution in [0.25, 0.3) is 0 Å². The monoisotopic (exact) mass is 280 g/mol. The highest BCUT2D eigenvalue weighted by Gasteiger charge is 2.26. The Morgan fingerprint density at radius 3 is 2.37 bits per heavy atom. The van der Waals surface area contributed by atoms with Crippen LogP contribution in [0.1, 0.15) is 46.0 Å². The second kappa shape index (κ2) is 8.10. The highest BCUT2D eigenvalue weighted by Crippen LogP contribution is 2.22. The van der Waals surface area contributed by atoms with Gasteiger partial charge in [-0.3, -0.25) is 0 Å². The predicted molar refractivity (Wildman–Crippen MR) is 72.2 cm³/mol. The molecule has 0 aromatic heterocycles. The lowest BCUT2D eigenvalue weighted by molar-refractivity contribution is -0.135. The zero-order chi connectivity index (χ0) is 14.3. The van der Waals surface area contributed by atoms with Crippen molar-refractivity contribution >= 4 is 0 Å². The topological polar surface area (TPSA) is 15.3 Å². The Morgan fingerprint density at radius 1 is 1.21 bits per heavy atom. The van der Waals surface area contributed by atoms with Gasteiger partial charge in [0, 0.05) is 12.5 Å². The fourth-order valence-corrected chi connectivity index (χ4v) is 2.72. The van der Waals surface area contributed by atoms with Crippen LogP contribution < -0.4 is 5.32 Å². The van der Waals surface area contributed by atoms with Crippen molar-refractivity contribution in [2.75, 3.05) is 26.2 Å². The molecule has 1 N–H and O–H groups in total. The Labute approximate surface area is 114 Å². The molecule has 1 saturated heterocycles. The van der Waals surface area contributed by atoms with Crippen molar-refractivity contribution < 1.29 is 13.2 Å². The second-order valence-electron chi connectivity index (χ2n) is 5.59. The van der Waals surface area contributed by atoms with Gasteiger partial charge in [0.25, 0.3) is 0 Å². The van der Waals surface area contributed by atoms with Gasteiger partial charge in [-0.15, -0.1) is 0 Å². The van der Waals surface area contributed by atoms with E-state index in [0.29, 0.717) is 24.9 Å². The van der Waals surface area contributed by atoms with Crippen molar-refractivity contribution in [1.82, 2.24) is 10.2 Å². The Balaban J connectivity index is 2.06. The summed E-state index contributed by atoms with van der Waals surface area (Å²) in [5, 5.41) is 3.39. The summed E-state index contributed by atoms with van der Waals surface area (Å²) >= 11 is 0. The second-order valence-corrected chi connectivity index (χ2v) is 5.59. The molecule has 0 bridgehead atoms. The van der Waals surface area contributed by atoms with Crippen molar-refractivity contribution in [3.05, 3.63) is 0 Å². The number of piperidine rings is 1. The van der Waals surface area contributed by atoms with Crippen LogP contribution in [0.2, 0.25) is 0 Å². The fourth-order valence-electron chi connectivity index (χ4n) is 2.72. The van der Waals surface area contributed by atoms with Crippen molar-refractivity contribution in [3.8, 4) is 0 Å². The predicted octanol–water partition coefficient (Wildman–Crippen LogP) is 3.43. The third-order valence-corrected chi connectivity index (χ3v) is 4.14. The zero-order valence-corrected chi connectivity index (χ0v) is 12.1. The van der Waals surface area contributed by atoms with Crippen LogP contribution in [0.3, 0.4) is 0 Å². The quantitative estimate of drug-likeness (QED) is 0.719. The van der Waals surface area contributed by atoms with Gasteiger partial charge in [-0.25, -0.2) is 0 Å². The lowest BCUT2D eigenvalue weighted by Crippen LogP contribution is -2.42. The summed E-state index contributed by atoms with van der Waals surface area (Å²) in [5.41, 5.74) is 0. The summed E-state index contributed by atoms with van der Waals surface area (Å²) in [7, 11) is 0. The molecule has 114 valence electrons. The van der Waals surface area contributed by atoms with E-state index < -0.39 is 12.6 Å². The molecule has 0 aliphatic carbocycles. The van der Waals surface area contributed by atoms with Gasteiger partial charge in [-0.05, 0) is 64.7 Å². The SMILES string of the molecule is CCN1CCC(C(C)NCCCCC(F)(F)F)CC1. The number of likely N-dealkylation sites (tertiary alicyclic amines) is 1. The molecule has 0 amide bonds. The third-order valence-electron chi connectivity index (χ3n) is 4.14. The van der Waals surface area contributed by atoms with E-state index in [1.807, 2.05) is 0 Å². The number of nitrogens with zero attached hydrogens (tertiary/aromatic N) is 1. The van der Waals surface area contributed by atoms with E-state index in [4.69, 9.17) is 0 Å². The molecule has 1 unspecified atom stereocenters. The van der Waals surface area contributed by atoms with Crippen LogP contribution in [0.5, 0.6) is 0 Å². The summed E-state index contributed by atoms with van der Waals surface area (Å²) in [5.74, 6) is 0.672. The van der Waals surface area contributed by atoms with Crippen LogP contribution in [-0.2, 0) is 0 Å². The molecular weight excluding hydrogens is 253 g/mol. The molecule has 0 radical (unpaired) electrons. The van der Waals surface area contributed by atoms with E-state index in [-0.39, 0.29) is 6.42 Å². The molecule has 2 nitrogen and oxygen atoms in total. The van der Waals surface area contributed by atoms with Gasteiger partial charge in [0.2, 0.25) is 0 Å². The van der Waals surface area contributed by atoms with Crippen LogP contribution in [0.15, 0.2) is 0 Å². The van der Waals surface area contributed by atoms with E-state index in [9.17, 15) is 13.2 Å². The number of alkyl halides is 3. The van der Waals surface area contributed by atoms with E-state index in [2.05, 4.69) is 24.1 Å². The maximum atomic E-state index is 12.0. The maximum Gasteiger partial charge on any atom is 0.389 e. The molecule has 19 heavy (non-hydrogen) atoms. The van der Waals surface area contributed by atoms with Gasteiger partial charge in [0.15, 0.2) is 0 Å². The van der Waals surface area contributed by atoms with Crippen molar-refractivity contribution in [2.24, 2.45) is 5.92 Å². The first-order chi connectivity index (χ1) is 8.92. The first-order valence-corrected chi connectivity index (χ1v) is 7.45. The maximum absolute atomic E-state index is 12.0. The van der Waals surface area contributed by atoms with Crippen molar-refractivity contribution in [1.29, 1.82) is 0 Å². The first-order valence-electron chi connectivity index (χ1n) is 7.45. The lowest BCUT2D eigenvalue weighted by atomic mass is 9.90. The number of hydrogen-bond donors (Lipinski definition) is 1. The van der Waals surface area contributed by atoms with E-state index in [0.717, 1.165) is 19.6 Å². The average Bonchev–Trinajstić information content (AvgIpc) is 2.37. The van der Waals surface area contributed by atoms with Gasteiger partial charge in [-0.2, -0.15) is 13.2 Å². The molecule has 1 aliphatic rings. The minimum Gasteiger partial charge on any atom is -0.314 e. The summed E-state index contributed by atoms with van der Waals surface area (Å²) < 4.78 is 35.9. The molecule has 0 aromatic carbocycles. The molecule has 0 saturated carbocycles. The van der Waals surface area contributed by atoms with Crippen molar-refractivity contribution in [3.63, 3.8) is 0 Å². The standard InChI is InChI=1S/C14H27F3N2/c1-3-19-10-6-13(7-11-19)12(2)18-9-5-4-8-14(15,16)17/h12-13,18H,3-11H2,1-2H3. The molecule has 1 heterocycles. The number of hydrogen-bond acceptors (Lipinski definition) is 2. The minimum atomic E-state index is -4.00. The lowest BCUT2D eigenvalue weighted by Gasteiger charge is -2.34. The fraction of sp³-hybridized carbons (Fsp3) is 1.00. The largest absolute Gasteiger partial charge is 0.389 e.